The molecule has 0 spiro atoms. The Hall–Kier alpha value is -6.18. The first-order valence-corrected chi connectivity index (χ1v) is 17.0. The Morgan fingerprint density at radius 2 is 0.918 bits per heavy atom. The van der Waals surface area contributed by atoms with E-state index < -0.39 is 0 Å². The largest absolute Gasteiger partial charge is 0.310 e. The summed E-state index contributed by atoms with van der Waals surface area (Å²) >= 11 is 0. The normalized spacial score (nSPS) is 12.0. The fourth-order valence-corrected chi connectivity index (χ4v) is 7.52. The summed E-state index contributed by atoms with van der Waals surface area (Å²) in [6.07, 6.45) is 2.31. The molecular weight excluding hydrogens is 591 g/mol. The quantitative estimate of drug-likeness (QED) is 0.101. The Labute approximate surface area is 287 Å². The lowest BCUT2D eigenvalue weighted by Crippen LogP contribution is -2.10. The lowest BCUT2D eigenvalue weighted by Gasteiger charge is -2.28. The molecule has 0 bridgehead atoms. The molecular formula is C48H35N. The summed E-state index contributed by atoms with van der Waals surface area (Å²) < 4.78 is 0. The van der Waals surface area contributed by atoms with Crippen LogP contribution in [0.1, 0.15) is 27.8 Å². The molecule has 0 amide bonds. The molecule has 232 valence electrons. The van der Waals surface area contributed by atoms with E-state index in [-0.39, 0.29) is 0 Å². The molecule has 0 aliphatic rings. The first kappa shape index (κ1) is 29.0. The van der Waals surface area contributed by atoms with Gasteiger partial charge in [0.1, 0.15) is 0 Å². The van der Waals surface area contributed by atoms with Gasteiger partial charge in [0.05, 0.1) is 5.69 Å². The molecule has 9 aromatic rings. The average molecular weight is 626 g/mol. The summed E-state index contributed by atoms with van der Waals surface area (Å²) in [4.78, 5) is 2.41. The molecule has 0 heterocycles. The van der Waals surface area contributed by atoms with Gasteiger partial charge in [0.2, 0.25) is 0 Å². The summed E-state index contributed by atoms with van der Waals surface area (Å²) in [7, 11) is 0. The molecule has 0 aliphatic carbocycles. The lowest BCUT2D eigenvalue weighted by atomic mass is 9.89. The molecule has 0 atom stereocenters. The second-order valence-electron chi connectivity index (χ2n) is 13.1. The minimum absolute atomic E-state index is 1.12. The van der Waals surface area contributed by atoms with Gasteiger partial charge in [-0.15, -0.1) is 0 Å². The predicted molar refractivity (Wildman–Crippen MR) is 212 cm³/mol. The Morgan fingerprint density at radius 1 is 0.408 bits per heavy atom. The fraction of sp³-hybridized carbons (Fsp3) is 0.0417. The van der Waals surface area contributed by atoms with Crippen LogP contribution < -0.4 is 4.90 Å². The number of benzene rings is 9. The highest BCUT2D eigenvalue weighted by atomic mass is 15.1. The highest BCUT2D eigenvalue weighted by Crippen LogP contribution is 2.46. The van der Waals surface area contributed by atoms with Crippen LogP contribution >= 0.6 is 0 Å². The van der Waals surface area contributed by atoms with Gasteiger partial charge < -0.3 is 4.90 Å². The average Bonchev–Trinajstić information content (AvgIpc) is 3.15. The van der Waals surface area contributed by atoms with Gasteiger partial charge in [-0.05, 0) is 110 Å². The van der Waals surface area contributed by atoms with Gasteiger partial charge in [-0.2, -0.15) is 0 Å². The Balaban J connectivity index is 1.22. The zero-order valence-electron chi connectivity index (χ0n) is 27.7. The van der Waals surface area contributed by atoms with Gasteiger partial charge in [0, 0.05) is 16.8 Å². The second kappa shape index (κ2) is 11.8. The number of rotatable bonds is 6. The van der Waals surface area contributed by atoms with Crippen LogP contribution in [0, 0.1) is 13.8 Å². The van der Waals surface area contributed by atoms with Crippen molar-refractivity contribution in [2.45, 2.75) is 13.8 Å². The maximum absolute atomic E-state index is 2.41. The van der Waals surface area contributed by atoms with E-state index in [2.05, 4.69) is 195 Å². The monoisotopic (exact) mass is 625 g/mol. The van der Waals surface area contributed by atoms with Crippen molar-refractivity contribution in [2.24, 2.45) is 0 Å². The van der Waals surface area contributed by atoms with E-state index in [1.807, 2.05) is 0 Å². The first-order valence-electron chi connectivity index (χ1n) is 17.0. The summed E-state index contributed by atoms with van der Waals surface area (Å²) in [5, 5.41) is 10.4. The van der Waals surface area contributed by atoms with Crippen molar-refractivity contribution in [1.82, 2.24) is 0 Å². The summed E-state index contributed by atoms with van der Waals surface area (Å²) in [6.45, 7) is 4.28. The standard InChI is InChI=1S/C48H35N/c1-32-17-23-36(24-18-32)45(35-9-4-3-5-10-35)31-34-21-27-39(28-22-34)49(38-25-19-33(2)20-26-38)46-30-29-43-41-14-7-12-37-11-6-13-40(47(37)41)42-15-8-16-44(46)48(42)43/h3-31H,1-2H3. The van der Waals surface area contributed by atoms with Crippen molar-refractivity contribution in [1.29, 1.82) is 0 Å². The van der Waals surface area contributed by atoms with Crippen molar-refractivity contribution in [3.05, 3.63) is 198 Å². The molecule has 0 saturated heterocycles. The number of hydrogen-bond acceptors (Lipinski definition) is 1. The summed E-state index contributed by atoms with van der Waals surface area (Å²) in [5.41, 5.74) is 10.7. The maximum Gasteiger partial charge on any atom is 0.0540 e. The molecule has 0 radical (unpaired) electrons. The van der Waals surface area contributed by atoms with E-state index in [9.17, 15) is 0 Å². The van der Waals surface area contributed by atoms with Crippen LogP contribution in [0.3, 0.4) is 0 Å². The Morgan fingerprint density at radius 3 is 1.57 bits per heavy atom. The zero-order chi connectivity index (χ0) is 32.9. The third-order valence-electron chi connectivity index (χ3n) is 9.95. The molecule has 0 aliphatic heterocycles. The van der Waals surface area contributed by atoms with Gasteiger partial charge in [0.15, 0.2) is 0 Å². The van der Waals surface area contributed by atoms with E-state index >= 15 is 0 Å². The van der Waals surface area contributed by atoms with Crippen molar-refractivity contribution >= 4 is 71.8 Å². The van der Waals surface area contributed by atoms with Crippen molar-refractivity contribution in [2.75, 3.05) is 4.90 Å². The summed E-state index contributed by atoms with van der Waals surface area (Å²) in [6, 6.07) is 62.2. The smallest absolute Gasteiger partial charge is 0.0540 e. The van der Waals surface area contributed by atoms with Crippen LogP contribution in [0.15, 0.2) is 170 Å². The molecule has 0 aromatic heterocycles. The molecule has 0 saturated carbocycles. The van der Waals surface area contributed by atoms with Crippen LogP contribution in [0.25, 0.3) is 54.7 Å². The van der Waals surface area contributed by atoms with E-state index in [0.717, 1.165) is 16.9 Å². The number of aryl methyl sites for hydroxylation is 2. The lowest BCUT2D eigenvalue weighted by molar-refractivity contribution is 1.29. The van der Waals surface area contributed by atoms with Crippen LogP contribution in [-0.4, -0.2) is 0 Å². The van der Waals surface area contributed by atoms with E-state index in [1.54, 1.807) is 0 Å². The Bertz CT molecular complexity index is 2580. The number of anilines is 3. The van der Waals surface area contributed by atoms with Gasteiger partial charge in [-0.1, -0.05) is 151 Å². The highest BCUT2D eigenvalue weighted by molar-refractivity contribution is 6.34. The highest BCUT2D eigenvalue weighted by Gasteiger charge is 2.19. The third-order valence-corrected chi connectivity index (χ3v) is 9.95. The molecule has 0 fully saturated rings. The van der Waals surface area contributed by atoms with Crippen molar-refractivity contribution < 1.29 is 0 Å². The second-order valence-corrected chi connectivity index (χ2v) is 13.1. The molecule has 1 heteroatoms. The van der Waals surface area contributed by atoms with Gasteiger partial charge in [-0.3, -0.25) is 0 Å². The van der Waals surface area contributed by atoms with Crippen molar-refractivity contribution in [3.8, 4) is 0 Å². The maximum atomic E-state index is 2.41. The fourth-order valence-electron chi connectivity index (χ4n) is 7.52. The molecule has 1 nitrogen and oxygen atoms in total. The topological polar surface area (TPSA) is 3.24 Å². The van der Waals surface area contributed by atoms with Crippen LogP contribution in [-0.2, 0) is 0 Å². The SMILES string of the molecule is Cc1ccc(C(=Cc2ccc(N(c3ccc(C)cc3)c3ccc4c5cccc6cccc(c7cccc3c74)c65)cc2)c2ccccc2)cc1. The van der Waals surface area contributed by atoms with Gasteiger partial charge >= 0.3 is 0 Å². The third kappa shape index (κ3) is 5.03. The van der Waals surface area contributed by atoms with E-state index in [0.29, 0.717) is 0 Å². The summed E-state index contributed by atoms with van der Waals surface area (Å²) in [5.74, 6) is 0. The van der Waals surface area contributed by atoms with Gasteiger partial charge in [-0.25, -0.2) is 0 Å². The minimum Gasteiger partial charge on any atom is -0.310 e. The zero-order valence-corrected chi connectivity index (χ0v) is 27.7. The molecule has 49 heavy (non-hydrogen) atoms. The molecule has 0 N–H and O–H groups in total. The first-order chi connectivity index (χ1) is 24.1. The molecule has 9 aromatic carbocycles. The number of hydrogen-bond donors (Lipinski definition) is 0. The van der Waals surface area contributed by atoms with Crippen molar-refractivity contribution in [3.63, 3.8) is 0 Å². The minimum atomic E-state index is 1.12. The van der Waals surface area contributed by atoms with Crippen LogP contribution in [0.4, 0.5) is 17.1 Å². The number of fused-ring (bicyclic) bond motifs is 2. The Kier molecular flexibility index (Phi) is 6.99. The number of nitrogens with zero attached hydrogens (tertiary/aromatic N) is 1. The van der Waals surface area contributed by atoms with E-state index in [4.69, 9.17) is 0 Å². The predicted octanol–water partition coefficient (Wildman–Crippen LogP) is 13.4. The molecule has 9 rings (SSSR count). The van der Waals surface area contributed by atoms with E-state index in [1.165, 1.54) is 76.6 Å². The van der Waals surface area contributed by atoms with Crippen LogP contribution in [0.5, 0.6) is 0 Å². The molecule has 0 unspecified atom stereocenters. The van der Waals surface area contributed by atoms with Crippen LogP contribution in [0.2, 0.25) is 0 Å². The van der Waals surface area contributed by atoms with Gasteiger partial charge in [0.25, 0.3) is 0 Å².